The topological polar surface area (TPSA) is 99.5 Å². The number of nitrogens with zero attached hydrogens (tertiary/aromatic N) is 1. The van der Waals surface area contributed by atoms with E-state index >= 15 is 0 Å². The number of ether oxygens (including phenoxy) is 4. The highest BCUT2D eigenvalue weighted by molar-refractivity contribution is 6.31. The molecule has 38 heavy (non-hydrogen) atoms. The molecule has 1 fully saturated rings. The number of hydrogen-bond donors (Lipinski definition) is 1. The van der Waals surface area contributed by atoms with Crippen LogP contribution in [0.1, 0.15) is 47.8 Å². The summed E-state index contributed by atoms with van der Waals surface area (Å²) in [5.41, 5.74) is 0.721. The summed E-state index contributed by atoms with van der Waals surface area (Å²) in [5, 5.41) is 3.49. The highest BCUT2D eigenvalue weighted by atomic mass is 35.5. The van der Waals surface area contributed by atoms with Crippen LogP contribution in [0.15, 0.2) is 53.1 Å². The molecule has 2 aromatic carbocycles. The van der Waals surface area contributed by atoms with Crippen molar-refractivity contribution in [3.05, 3.63) is 65.1 Å². The van der Waals surface area contributed by atoms with Gasteiger partial charge in [0.25, 0.3) is 5.91 Å². The Labute approximate surface area is 226 Å². The number of anilines is 1. The molecular weight excluding hydrogens is 512 g/mol. The molecule has 9 nitrogen and oxygen atoms in total. The normalized spacial score (nSPS) is 14.0. The summed E-state index contributed by atoms with van der Waals surface area (Å²) in [5.74, 6) is 0.480. The number of carbonyl (C=O) groups is 2. The molecule has 1 atom stereocenters. The Morgan fingerprint density at radius 2 is 1.61 bits per heavy atom. The zero-order valence-electron chi connectivity index (χ0n) is 21.8. The Morgan fingerprint density at radius 3 is 2.16 bits per heavy atom. The van der Waals surface area contributed by atoms with Crippen molar-refractivity contribution < 1.29 is 33.0 Å². The van der Waals surface area contributed by atoms with Crippen LogP contribution in [-0.4, -0.2) is 46.3 Å². The van der Waals surface area contributed by atoms with E-state index in [-0.39, 0.29) is 17.7 Å². The fourth-order valence-corrected chi connectivity index (χ4v) is 4.93. The first kappa shape index (κ1) is 27.2. The molecule has 0 aliphatic heterocycles. The van der Waals surface area contributed by atoms with Gasteiger partial charge in [-0.3, -0.25) is 14.5 Å². The fraction of sp³-hybridized carbons (Fsp3) is 0.357. The van der Waals surface area contributed by atoms with Gasteiger partial charge in [-0.2, -0.15) is 0 Å². The third-order valence-corrected chi connectivity index (χ3v) is 6.80. The summed E-state index contributed by atoms with van der Waals surface area (Å²) in [7, 11) is 5.95. The van der Waals surface area contributed by atoms with E-state index in [1.54, 1.807) is 36.4 Å². The van der Waals surface area contributed by atoms with Crippen molar-refractivity contribution >= 4 is 29.1 Å². The van der Waals surface area contributed by atoms with Gasteiger partial charge in [-0.15, -0.1) is 0 Å². The van der Waals surface area contributed by atoms with Crippen molar-refractivity contribution in [2.75, 3.05) is 33.3 Å². The number of nitrogens with one attached hydrogen (secondary N) is 1. The minimum atomic E-state index is -1.17. The Morgan fingerprint density at radius 1 is 0.947 bits per heavy atom. The summed E-state index contributed by atoms with van der Waals surface area (Å²) < 4.78 is 27.7. The predicted molar refractivity (Wildman–Crippen MR) is 143 cm³/mol. The van der Waals surface area contributed by atoms with Crippen molar-refractivity contribution in [1.29, 1.82) is 0 Å². The lowest BCUT2D eigenvalue weighted by Gasteiger charge is -2.33. The minimum absolute atomic E-state index is 0.00568. The molecule has 4 rings (SSSR count). The van der Waals surface area contributed by atoms with Gasteiger partial charge >= 0.3 is 0 Å². The molecule has 1 aromatic heterocycles. The van der Waals surface area contributed by atoms with E-state index in [0.717, 1.165) is 25.7 Å². The van der Waals surface area contributed by atoms with Crippen LogP contribution >= 0.6 is 11.6 Å². The van der Waals surface area contributed by atoms with Crippen molar-refractivity contribution in [3.63, 3.8) is 0 Å². The average molecular weight is 543 g/mol. The lowest BCUT2D eigenvalue weighted by Crippen LogP contribution is -2.46. The van der Waals surface area contributed by atoms with Crippen molar-refractivity contribution in [2.45, 2.75) is 37.8 Å². The Balaban J connectivity index is 1.96. The number of carbonyl (C=O) groups excluding carboxylic acids is 2. The smallest absolute Gasteiger partial charge is 0.295 e. The summed E-state index contributed by atoms with van der Waals surface area (Å²) in [6.45, 7) is 0. The van der Waals surface area contributed by atoms with Crippen LogP contribution in [0.2, 0.25) is 5.02 Å². The van der Waals surface area contributed by atoms with Crippen LogP contribution in [0.4, 0.5) is 5.69 Å². The largest absolute Gasteiger partial charge is 0.495 e. The lowest BCUT2D eigenvalue weighted by atomic mass is 10.00. The number of rotatable bonds is 10. The second-order valence-corrected chi connectivity index (χ2v) is 9.26. The molecule has 0 spiro atoms. The van der Waals surface area contributed by atoms with Gasteiger partial charge in [0.15, 0.2) is 17.3 Å². The SMILES string of the molecule is COc1ccc(Cl)cc1N(C(=O)c1ccco1)[C@@H](C(=O)NC1CCCC1)c1cc(OC)c(OC)c(OC)c1. The number of benzene rings is 2. The minimum Gasteiger partial charge on any atom is -0.495 e. The maximum Gasteiger partial charge on any atom is 0.295 e. The monoisotopic (exact) mass is 542 g/mol. The van der Waals surface area contributed by atoms with Gasteiger partial charge in [0.1, 0.15) is 11.8 Å². The van der Waals surface area contributed by atoms with Gasteiger partial charge in [-0.25, -0.2) is 0 Å². The van der Waals surface area contributed by atoms with E-state index in [1.165, 1.54) is 45.7 Å². The number of amides is 2. The zero-order valence-corrected chi connectivity index (χ0v) is 22.5. The highest BCUT2D eigenvalue weighted by Crippen LogP contribution is 2.44. The van der Waals surface area contributed by atoms with Gasteiger partial charge in [0, 0.05) is 11.1 Å². The van der Waals surface area contributed by atoms with E-state index in [1.807, 2.05) is 0 Å². The second kappa shape index (κ2) is 12.1. The van der Waals surface area contributed by atoms with Crippen LogP contribution in [-0.2, 0) is 4.79 Å². The van der Waals surface area contributed by atoms with Crippen LogP contribution in [0.3, 0.4) is 0 Å². The zero-order chi connectivity index (χ0) is 27.2. The van der Waals surface area contributed by atoms with Gasteiger partial charge in [-0.05, 0) is 60.9 Å². The molecule has 3 aromatic rings. The lowest BCUT2D eigenvalue weighted by molar-refractivity contribution is -0.123. The first-order valence-corrected chi connectivity index (χ1v) is 12.6. The average Bonchev–Trinajstić information content (AvgIpc) is 3.65. The highest BCUT2D eigenvalue weighted by Gasteiger charge is 2.38. The molecule has 1 saturated carbocycles. The Kier molecular flexibility index (Phi) is 8.68. The van der Waals surface area contributed by atoms with Gasteiger partial charge in [0.05, 0.1) is 40.4 Å². The van der Waals surface area contributed by atoms with E-state index in [9.17, 15) is 9.59 Å². The van der Waals surface area contributed by atoms with Crippen LogP contribution < -0.4 is 29.2 Å². The summed E-state index contributed by atoms with van der Waals surface area (Å²) in [4.78, 5) is 29.5. The molecule has 10 heteroatoms. The molecule has 1 aliphatic rings. The van der Waals surface area contributed by atoms with E-state index in [2.05, 4.69) is 5.32 Å². The summed E-state index contributed by atoms with van der Waals surface area (Å²) >= 11 is 6.38. The van der Waals surface area contributed by atoms with E-state index in [4.69, 9.17) is 35.0 Å². The van der Waals surface area contributed by atoms with Gasteiger partial charge in [0.2, 0.25) is 11.7 Å². The van der Waals surface area contributed by atoms with E-state index in [0.29, 0.717) is 39.3 Å². The molecule has 0 bridgehead atoms. The predicted octanol–water partition coefficient (Wildman–Crippen LogP) is 5.41. The van der Waals surface area contributed by atoms with Gasteiger partial charge < -0.3 is 28.7 Å². The van der Waals surface area contributed by atoms with Gasteiger partial charge in [-0.1, -0.05) is 24.4 Å². The summed E-state index contributed by atoms with van der Waals surface area (Å²) in [6.07, 6.45) is 5.17. The first-order chi connectivity index (χ1) is 18.4. The third kappa shape index (κ3) is 5.52. The molecule has 1 heterocycles. The van der Waals surface area contributed by atoms with Crippen molar-refractivity contribution in [3.8, 4) is 23.0 Å². The number of hydrogen-bond acceptors (Lipinski definition) is 7. The molecule has 202 valence electrons. The van der Waals surface area contributed by atoms with Crippen molar-refractivity contribution in [1.82, 2.24) is 5.32 Å². The fourth-order valence-electron chi connectivity index (χ4n) is 4.76. The second-order valence-electron chi connectivity index (χ2n) is 8.82. The standard InChI is InChI=1S/C28H31ClN2O7/c1-34-21-12-11-18(29)16-20(21)31(28(33)22-10-7-13-38-22)25(27(32)30-19-8-5-6-9-19)17-14-23(35-2)26(37-4)24(15-17)36-3/h7,10-16,19,25H,5-6,8-9H2,1-4H3,(H,30,32)/t25-/m1/s1. The maximum absolute atomic E-state index is 14.1. The number of methoxy groups -OCH3 is 4. The third-order valence-electron chi connectivity index (χ3n) is 6.56. The molecule has 1 aliphatic carbocycles. The summed E-state index contributed by atoms with van der Waals surface area (Å²) in [6, 6.07) is 10.1. The molecular formula is C28H31ClN2O7. The molecule has 1 N–H and O–H groups in total. The maximum atomic E-state index is 14.1. The quantitative estimate of drug-likeness (QED) is 0.365. The van der Waals surface area contributed by atoms with Crippen LogP contribution in [0.5, 0.6) is 23.0 Å². The molecule has 2 amide bonds. The van der Waals surface area contributed by atoms with E-state index < -0.39 is 11.9 Å². The molecule has 0 unspecified atom stereocenters. The number of halogens is 1. The van der Waals surface area contributed by atoms with Crippen molar-refractivity contribution in [2.24, 2.45) is 0 Å². The number of furan rings is 1. The van der Waals surface area contributed by atoms with Crippen LogP contribution in [0, 0.1) is 0 Å². The Bertz CT molecular complexity index is 1250. The molecule has 0 radical (unpaired) electrons. The van der Waals surface area contributed by atoms with Crippen LogP contribution in [0.25, 0.3) is 0 Å². The molecule has 0 saturated heterocycles. The Hall–Kier alpha value is -3.85. The first-order valence-electron chi connectivity index (χ1n) is 12.2.